The number of carbonyl (C=O) groups excluding carboxylic acids is 1. The maximum absolute atomic E-state index is 13.1. The maximum atomic E-state index is 13.1. The molecule has 0 aliphatic carbocycles. The van der Waals surface area contributed by atoms with Gasteiger partial charge in [-0.1, -0.05) is 5.16 Å². The summed E-state index contributed by atoms with van der Waals surface area (Å²) in [5.41, 5.74) is 0.858. The number of hydrogen-bond donors (Lipinski definition) is 1. The van der Waals surface area contributed by atoms with Gasteiger partial charge in [0.25, 0.3) is 0 Å². The molecule has 176 valence electrons. The highest BCUT2D eigenvalue weighted by Crippen LogP contribution is 2.32. The second kappa shape index (κ2) is 9.88. The number of anilines is 1. The average Bonchev–Trinajstić information content (AvgIpc) is 3.26. The smallest absolute Gasteiger partial charge is 0.243 e. The Hall–Kier alpha value is -3.64. The Morgan fingerprint density at radius 1 is 1.03 bits per heavy atom. The molecule has 1 amide bonds. The lowest BCUT2D eigenvalue weighted by molar-refractivity contribution is -0.114. The molecule has 0 unspecified atom stereocenters. The van der Waals surface area contributed by atoms with Gasteiger partial charge in [-0.25, -0.2) is 8.42 Å². The number of aromatic nitrogens is 2. The number of methoxy groups -OCH3 is 3. The lowest BCUT2D eigenvalue weighted by atomic mass is 10.2. The summed E-state index contributed by atoms with van der Waals surface area (Å²) < 4.78 is 48.1. The van der Waals surface area contributed by atoms with E-state index in [1.54, 1.807) is 18.2 Å². The van der Waals surface area contributed by atoms with Crippen LogP contribution in [0.5, 0.6) is 17.2 Å². The van der Waals surface area contributed by atoms with Crippen molar-refractivity contribution in [3.63, 3.8) is 0 Å². The Bertz CT molecular complexity index is 1260. The quantitative estimate of drug-likeness (QED) is 0.494. The third-order valence-electron chi connectivity index (χ3n) is 4.66. The minimum Gasteiger partial charge on any atom is -0.495 e. The molecule has 0 saturated heterocycles. The number of ether oxygens (including phenoxy) is 3. The predicted octanol–water partition coefficient (Wildman–Crippen LogP) is 2.54. The molecule has 0 bridgehead atoms. The highest BCUT2D eigenvalue weighted by Gasteiger charge is 2.25. The molecular formula is C21H24N4O7S. The summed E-state index contributed by atoms with van der Waals surface area (Å²) in [7, 11) is 1.92. The molecule has 0 aliphatic heterocycles. The lowest BCUT2D eigenvalue weighted by Gasteiger charge is -2.17. The first-order valence-electron chi connectivity index (χ1n) is 9.66. The fourth-order valence-electron chi connectivity index (χ4n) is 3.00. The summed E-state index contributed by atoms with van der Waals surface area (Å²) in [5, 5.41) is 6.48. The summed E-state index contributed by atoms with van der Waals surface area (Å²) >= 11 is 0. The number of nitrogens with zero attached hydrogens (tertiary/aromatic N) is 3. The van der Waals surface area contributed by atoms with Crippen LogP contribution >= 0.6 is 0 Å². The van der Waals surface area contributed by atoms with Gasteiger partial charge >= 0.3 is 0 Å². The molecule has 1 N–H and O–H groups in total. The zero-order chi connectivity index (χ0) is 24.2. The molecule has 0 atom stereocenters. The fourth-order valence-corrected chi connectivity index (χ4v) is 4.15. The van der Waals surface area contributed by atoms with Crippen molar-refractivity contribution in [3.05, 3.63) is 42.3 Å². The summed E-state index contributed by atoms with van der Waals surface area (Å²) in [6.45, 7) is 1.16. The second-order valence-corrected chi connectivity index (χ2v) is 8.93. The number of rotatable bonds is 9. The van der Waals surface area contributed by atoms with E-state index in [1.807, 2.05) is 0 Å². The van der Waals surface area contributed by atoms with Crippen LogP contribution in [0.4, 0.5) is 5.69 Å². The summed E-state index contributed by atoms with van der Waals surface area (Å²) in [5.74, 6) is 1.40. The van der Waals surface area contributed by atoms with E-state index >= 15 is 0 Å². The molecule has 3 aromatic rings. The van der Waals surface area contributed by atoms with Crippen molar-refractivity contribution in [1.29, 1.82) is 0 Å². The molecule has 0 aliphatic rings. The van der Waals surface area contributed by atoms with Gasteiger partial charge in [0, 0.05) is 19.5 Å². The zero-order valence-corrected chi connectivity index (χ0v) is 19.6. The molecule has 0 fully saturated rings. The van der Waals surface area contributed by atoms with Crippen molar-refractivity contribution in [2.24, 2.45) is 0 Å². The zero-order valence-electron chi connectivity index (χ0n) is 18.8. The predicted molar refractivity (Wildman–Crippen MR) is 119 cm³/mol. The van der Waals surface area contributed by atoms with Crippen LogP contribution in [0, 0.1) is 0 Å². The van der Waals surface area contributed by atoms with Gasteiger partial charge < -0.3 is 24.1 Å². The van der Waals surface area contributed by atoms with Gasteiger partial charge in [-0.3, -0.25) is 4.79 Å². The van der Waals surface area contributed by atoms with Crippen LogP contribution < -0.4 is 19.5 Å². The SMILES string of the molecule is COc1ccc(S(=O)(=O)N(C)Cc2nc(-c3ccc(OC)c(OC)c3)no2)cc1NC(C)=O. The topological polar surface area (TPSA) is 133 Å². The number of benzene rings is 2. The van der Waals surface area contributed by atoms with Gasteiger partial charge in [0.2, 0.25) is 27.6 Å². The number of amides is 1. The summed E-state index contributed by atoms with van der Waals surface area (Å²) in [6.07, 6.45) is 0. The second-order valence-electron chi connectivity index (χ2n) is 6.89. The van der Waals surface area contributed by atoms with Crippen molar-refractivity contribution in [2.45, 2.75) is 18.4 Å². The Morgan fingerprint density at radius 2 is 1.70 bits per heavy atom. The van der Waals surface area contributed by atoms with Crippen LogP contribution in [0.2, 0.25) is 0 Å². The van der Waals surface area contributed by atoms with Gasteiger partial charge in [-0.05, 0) is 36.4 Å². The Balaban J connectivity index is 1.82. The Morgan fingerprint density at radius 3 is 2.33 bits per heavy atom. The van der Waals surface area contributed by atoms with Gasteiger partial charge in [0.1, 0.15) is 5.75 Å². The number of nitrogens with one attached hydrogen (secondary N) is 1. The normalized spacial score (nSPS) is 11.3. The van der Waals surface area contributed by atoms with E-state index in [0.29, 0.717) is 22.8 Å². The molecule has 0 radical (unpaired) electrons. The molecule has 3 rings (SSSR count). The van der Waals surface area contributed by atoms with Crippen molar-refractivity contribution < 1.29 is 31.9 Å². The van der Waals surface area contributed by atoms with Crippen molar-refractivity contribution in [3.8, 4) is 28.6 Å². The highest BCUT2D eigenvalue weighted by molar-refractivity contribution is 7.89. The van der Waals surface area contributed by atoms with E-state index in [0.717, 1.165) is 4.31 Å². The Labute approximate surface area is 191 Å². The number of sulfonamides is 1. The average molecular weight is 477 g/mol. The van der Waals surface area contributed by atoms with E-state index in [-0.39, 0.29) is 34.7 Å². The van der Waals surface area contributed by atoms with Crippen LogP contribution in [-0.4, -0.2) is 57.1 Å². The summed E-state index contributed by atoms with van der Waals surface area (Å²) in [6, 6.07) is 9.31. The molecule has 11 nitrogen and oxygen atoms in total. The van der Waals surface area contributed by atoms with Crippen LogP contribution in [0.1, 0.15) is 12.8 Å². The molecule has 1 aromatic heterocycles. The van der Waals surface area contributed by atoms with Crippen LogP contribution in [0.3, 0.4) is 0 Å². The van der Waals surface area contributed by atoms with Crippen LogP contribution in [-0.2, 0) is 21.4 Å². The molecule has 1 heterocycles. The number of hydrogen-bond acceptors (Lipinski definition) is 9. The number of carbonyl (C=O) groups is 1. The van der Waals surface area contributed by atoms with Crippen molar-refractivity contribution in [2.75, 3.05) is 33.7 Å². The van der Waals surface area contributed by atoms with Gasteiger partial charge in [-0.2, -0.15) is 9.29 Å². The molecule has 12 heteroatoms. The first-order chi connectivity index (χ1) is 15.7. The first kappa shape index (κ1) is 24.0. The van der Waals surface area contributed by atoms with Crippen molar-refractivity contribution >= 4 is 21.6 Å². The molecule has 2 aromatic carbocycles. The minimum absolute atomic E-state index is 0.0332. The van der Waals surface area contributed by atoms with Crippen LogP contribution in [0.25, 0.3) is 11.4 Å². The molecule has 33 heavy (non-hydrogen) atoms. The van der Waals surface area contributed by atoms with E-state index in [1.165, 1.54) is 53.5 Å². The van der Waals surface area contributed by atoms with E-state index in [4.69, 9.17) is 18.7 Å². The van der Waals surface area contributed by atoms with Crippen LogP contribution in [0.15, 0.2) is 45.8 Å². The largest absolute Gasteiger partial charge is 0.495 e. The third kappa shape index (κ3) is 5.23. The first-order valence-corrected chi connectivity index (χ1v) is 11.1. The van der Waals surface area contributed by atoms with Gasteiger partial charge in [0.05, 0.1) is 38.5 Å². The molecular weight excluding hydrogens is 452 g/mol. The van der Waals surface area contributed by atoms with E-state index < -0.39 is 10.0 Å². The van der Waals surface area contributed by atoms with Crippen molar-refractivity contribution in [1.82, 2.24) is 14.4 Å². The van der Waals surface area contributed by atoms with Gasteiger partial charge in [-0.15, -0.1) is 0 Å². The minimum atomic E-state index is -3.93. The molecule has 0 spiro atoms. The van der Waals surface area contributed by atoms with E-state index in [2.05, 4.69) is 15.5 Å². The maximum Gasteiger partial charge on any atom is 0.243 e. The van der Waals surface area contributed by atoms with E-state index in [9.17, 15) is 13.2 Å². The summed E-state index contributed by atoms with van der Waals surface area (Å²) in [4.78, 5) is 15.7. The van der Waals surface area contributed by atoms with Gasteiger partial charge in [0.15, 0.2) is 11.5 Å². The highest BCUT2D eigenvalue weighted by atomic mass is 32.2. The third-order valence-corrected chi connectivity index (χ3v) is 6.46. The fraction of sp³-hybridized carbons (Fsp3) is 0.286. The standard InChI is InChI=1S/C21H24N4O7S/c1-13(26)22-16-11-15(7-9-17(16)29-3)33(27,28)25(2)12-20-23-21(24-32-20)14-6-8-18(30-4)19(10-14)31-5/h6-11H,12H2,1-5H3,(H,22,26). The monoisotopic (exact) mass is 476 g/mol. The Kier molecular flexibility index (Phi) is 7.19. The lowest BCUT2D eigenvalue weighted by Crippen LogP contribution is -2.26. The molecule has 0 saturated carbocycles.